The van der Waals surface area contributed by atoms with E-state index in [1.165, 1.54) is 4.90 Å². The number of alkyl halides is 3. The molecule has 1 unspecified atom stereocenters. The fourth-order valence-electron chi connectivity index (χ4n) is 3.85. The zero-order valence-electron chi connectivity index (χ0n) is 16.9. The van der Waals surface area contributed by atoms with Crippen molar-refractivity contribution in [3.05, 3.63) is 63.9 Å². The van der Waals surface area contributed by atoms with Gasteiger partial charge in [-0.15, -0.1) is 0 Å². The summed E-state index contributed by atoms with van der Waals surface area (Å²) in [6.45, 7) is 0.419. The van der Waals surface area contributed by atoms with Crippen LogP contribution in [-0.4, -0.2) is 41.0 Å². The van der Waals surface area contributed by atoms with Gasteiger partial charge >= 0.3 is 12.2 Å². The highest BCUT2D eigenvalue weighted by atomic mass is 35.5. The first-order chi connectivity index (χ1) is 15.6. The van der Waals surface area contributed by atoms with Gasteiger partial charge in [-0.1, -0.05) is 23.7 Å². The molecule has 0 radical (unpaired) electrons. The van der Waals surface area contributed by atoms with Crippen molar-refractivity contribution in [3.8, 4) is 0 Å². The Morgan fingerprint density at radius 1 is 1.21 bits per heavy atom. The van der Waals surface area contributed by atoms with Crippen LogP contribution >= 0.6 is 11.6 Å². The maximum Gasteiger partial charge on any atom is 0.433 e. The lowest BCUT2D eigenvalue weighted by Crippen LogP contribution is -2.60. The first kappa shape index (κ1) is 23.2. The molecule has 3 amide bonds. The van der Waals surface area contributed by atoms with Crippen LogP contribution in [0.3, 0.4) is 0 Å². The van der Waals surface area contributed by atoms with Gasteiger partial charge in [-0.05, 0) is 36.5 Å². The first-order valence-corrected chi connectivity index (χ1v) is 10.5. The lowest BCUT2D eigenvalue weighted by atomic mass is 9.99. The molecule has 1 aliphatic heterocycles. The number of halogens is 6. The van der Waals surface area contributed by atoms with Crippen molar-refractivity contribution in [2.75, 3.05) is 13.1 Å². The number of pyridine rings is 1. The summed E-state index contributed by atoms with van der Waals surface area (Å²) < 4.78 is 67.3. The molecule has 2 heterocycles. The van der Waals surface area contributed by atoms with Gasteiger partial charge in [-0.2, -0.15) is 13.2 Å². The smallest absolute Gasteiger partial charge is 0.353 e. The number of urea groups is 1. The SMILES string of the molecule is O=C1NCCN(C(=O)N[C@H](c2ccc(C(F)(F)F)nc2)c2ccc(F)c(Cl)c2F)C1C1CC1. The summed E-state index contributed by atoms with van der Waals surface area (Å²) in [7, 11) is 0. The molecule has 4 rings (SSSR count). The van der Waals surface area contributed by atoms with E-state index in [2.05, 4.69) is 15.6 Å². The molecule has 33 heavy (non-hydrogen) atoms. The molecule has 0 bridgehead atoms. The third-order valence-corrected chi connectivity index (χ3v) is 5.99. The number of carbonyl (C=O) groups excluding carboxylic acids is 2. The van der Waals surface area contributed by atoms with Gasteiger partial charge in [0.2, 0.25) is 5.91 Å². The van der Waals surface area contributed by atoms with E-state index in [0.29, 0.717) is 6.07 Å². The zero-order valence-corrected chi connectivity index (χ0v) is 17.7. The molecule has 2 fully saturated rings. The van der Waals surface area contributed by atoms with Crippen LogP contribution in [0.4, 0.5) is 26.7 Å². The third kappa shape index (κ3) is 4.73. The van der Waals surface area contributed by atoms with E-state index in [0.717, 1.165) is 37.2 Å². The van der Waals surface area contributed by atoms with Crippen LogP contribution in [-0.2, 0) is 11.0 Å². The number of piperazine rings is 1. The van der Waals surface area contributed by atoms with Crippen LogP contribution in [0.15, 0.2) is 30.5 Å². The Morgan fingerprint density at radius 3 is 2.55 bits per heavy atom. The van der Waals surface area contributed by atoms with Crippen LogP contribution in [0, 0.1) is 17.6 Å². The van der Waals surface area contributed by atoms with E-state index < -0.39 is 46.6 Å². The molecule has 6 nitrogen and oxygen atoms in total. The van der Waals surface area contributed by atoms with Gasteiger partial charge in [0.05, 0.1) is 6.04 Å². The summed E-state index contributed by atoms with van der Waals surface area (Å²) in [6, 6.07) is 0.908. The number of nitrogens with one attached hydrogen (secondary N) is 2. The molecule has 1 aromatic carbocycles. The van der Waals surface area contributed by atoms with Crippen molar-refractivity contribution < 1.29 is 31.5 Å². The first-order valence-electron chi connectivity index (χ1n) is 10.1. The second-order valence-corrected chi connectivity index (χ2v) is 8.27. The van der Waals surface area contributed by atoms with E-state index in [1.807, 2.05) is 0 Å². The monoisotopic (exact) mass is 488 g/mol. The molecule has 2 atom stereocenters. The highest BCUT2D eigenvalue weighted by Crippen LogP contribution is 2.37. The number of benzene rings is 1. The fraction of sp³-hybridized carbons (Fsp3) is 0.381. The Hall–Kier alpha value is -2.95. The lowest BCUT2D eigenvalue weighted by molar-refractivity contribution is -0.141. The van der Waals surface area contributed by atoms with Gasteiger partial charge in [0.1, 0.15) is 28.4 Å². The average Bonchev–Trinajstić information content (AvgIpc) is 3.61. The van der Waals surface area contributed by atoms with Crippen LogP contribution in [0.1, 0.15) is 35.7 Å². The van der Waals surface area contributed by atoms with Crippen molar-refractivity contribution in [1.29, 1.82) is 0 Å². The maximum absolute atomic E-state index is 14.8. The summed E-state index contributed by atoms with van der Waals surface area (Å²) in [5.74, 6) is -2.51. The average molecular weight is 489 g/mol. The largest absolute Gasteiger partial charge is 0.433 e. The topological polar surface area (TPSA) is 74.3 Å². The molecule has 12 heteroatoms. The van der Waals surface area contributed by atoms with Gasteiger partial charge in [0.15, 0.2) is 0 Å². The molecular formula is C21H18ClF5N4O2. The predicted molar refractivity (Wildman–Crippen MR) is 107 cm³/mol. The second kappa shape index (κ2) is 8.77. The summed E-state index contributed by atoms with van der Waals surface area (Å²) in [5.41, 5.74) is -1.42. The van der Waals surface area contributed by atoms with Gasteiger partial charge in [-0.25, -0.2) is 13.6 Å². The number of nitrogens with zero attached hydrogens (tertiary/aromatic N) is 2. The Bertz CT molecular complexity index is 1080. The minimum absolute atomic E-state index is 0.000706. The highest BCUT2D eigenvalue weighted by Gasteiger charge is 2.44. The third-order valence-electron chi connectivity index (χ3n) is 5.64. The number of aromatic nitrogens is 1. The minimum atomic E-state index is -4.69. The molecule has 1 aromatic heterocycles. The predicted octanol–water partition coefficient (Wildman–Crippen LogP) is 4.04. The molecule has 1 saturated heterocycles. The number of rotatable bonds is 4. The number of hydrogen-bond donors (Lipinski definition) is 2. The second-order valence-electron chi connectivity index (χ2n) is 7.89. The minimum Gasteiger partial charge on any atom is -0.353 e. The lowest BCUT2D eigenvalue weighted by Gasteiger charge is -2.36. The zero-order chi connectivity index (χ0) is 23.9. The van der Waals surface area contributed by atoms with Crippen LogP contribution in [0.25, 0.3) is 0 Å². The molecule has 0 spiro atoms. The number of hydrogen-bond acceptors (Lipinski definition) is 3. The van der Waals surface area contributed by atoms with Crippen LogP contribution in [0.2, 0.25) is 5.02 Å². The van der Waals surface area contributed by atoms with Crippen LogP contribution < -0.4 is 10.6 Å². The fourth-order valence-corrected chi connectivity index (χ4v) is 4.02. The molecule has 2 N–H and O–H groups in total. The van der Waals surface area contributed by atoms with E-state index in [9.17, 15) is 31.5 Å². The Kier molecular flexibility index (Phi) is 6.17. The Labute approximate surface area is 190 Å². The molecule has 176 valence electrons. The number of amides is 3. The van der Waals surface area contributed by atoms with E-state index in [4.69, 9.17) is 11.6 Å². The molecule has 1 saturated carbocycles. The molecule has 2 aromatic rings. The number of carbonyl (C=O) groups is 2. The van der Waals surface area contributed by atoms with Crippen molar-refractivity contribution >= 4 is 23.5 Å². The van der Waals surface area contributed by atoms with Gasteiger partial charge in [0.25, 0.3) is 0 Å². The van der Waals surface area contributed by atoms with E-state index in [-0.39, 0.29) is 36.0 Å². The van der Waals surface area contributed by atoms with Gasteiger partial charge in [-0.3, -0.25) is 9.78 Å². The standard InChI is InChI=1S/C21H18ClF5N4O2/c22-15-13(23)5-4-12(16(15)24)17(11-3-6-14(29-9-11)21(25,26)27)30-20(33)31-8-7-28-19(32)18(31)10-1-2-10/h3-6,9-10,17-18H,1-2,7-8H2,(H,28,32)(H,30,33)/t17-,18?/m1/s1. The normalized spacial score (nSPS) is 19.8. The summed E-state index contributed by atoms with van der Waals surface area (Å²) in [6.07, 6.45) is -2.29. The summed E-state index contributed by atoms with van der Waals surface area (Å²) >= 11 is 5.69. The summed E-state index contributed by atoms with van der Waals surface area (Å²) in [5, 5.41) is 4.45. The summed E-state index contributed by atoms with van der Waals surface area (Å²) in [4.78, 5) is 30.1. The van der Waals surface area contributed by atoms with Crippen molar-refractivity contribution in [2.45, 2.75) is 31.1 Å². The van der Waals surface area contributed by atoms with Gasteiger partial charge in [0, 0.05) is 24.8 Å². The Balaban J connectivity index is 1.69. The van der Waals surface area contributed by atoms with Crippen molar-refractivity contribution in [2.24, 2.45) is 5.92 Å². The van der Waals surface area contributed by atoms with Crippen LogP contribution in [0.5, 0.6) is 0 Å². The van der Waals surface area contributed by atoms with Gasteiger partial charge < -0.3 is 15.5 Å². The van der Waals surface area contributed by atoms with Crippen molar-refractivity contribution in [3.63, 3.8) is 0 Å². The van der Waals surface area contributed by atoms with E-state index >= 15 is 0 Å². The maximum atomic E-state index is 14.8. The van der Waals surface area contributed by atoms with E-state index in [1.54, 1.807) is 0 Å². The molecule has 1 aliphatic carbocycles. The quantitative estimate of drug-likeness (QED) is 0.504. The van der Waals surface area contributed by atoms with Crippen molar-refractivity contribution in [1.82, 2.24) is 20.5 Å². The Morgan fingerprint density at radius 2 is 1.94 bits per heavy atom. The molecule has 2 aliphatic rings. The molecular weight excluding hydrogens is 471 g/mol. The highest BCUT2D eigenvalue weighted by molar-refractivity contribution is 6.31.